The summed E-state index contributed by atoms with van der Waals surface area (Å²) in [5.74, 6) is 0.462. The maximum absolute atomic E-state index is 11.8. The number of benzene rings is 1. The van der Waals surface area contributed by atoms with Crippen molar-refractivity contribution in [3.63, 3.8) is 0 Å². The standard InChI is InChI=1S/C17H21N3OS/c1-20(15-8-3-2-4-9-15)13-7-12-18-16(21)14-22-17-10-5-6-11-19-17/h2-6,8-11H,7,12-14H2,1H3,(H,18,21). The van der Waals surface area contributed by atoms with Crippen molar-refractivity contribution in [1.82, 2.24) is 10.3 Å². The van der Waals surface area contributed by atoms with E-state index in [1.807, 2.05) is 36.4 Å². The zero-order chi connectivity index (χ0) is 15.6. The van der Waals surface area contributed by atoms with Crippen LogP contribution in [0.2, 0.25) is 0 Å². The molecule has 0 spiro atoms. The first-order valence-corrected chi connectivity index (χ1v) is 8.31. The molecule has 1 amide bonds. The number of nitrogens with one attached hydrogen (secondary N) is 1. The summed E-state index contributed by atoms with van der Waals surface area (Å²) >= 11 is 1.46. The summed E-state index contributed by atoms with van der Waals surface area (Å²) in [5, 5.41) is 3.82. The van der Waals surface area contributed by atoms with Crippen LogP contribution in [0.3, 0.4) is 0 Å². The molecule has 0 atom stereocenters. The van der Waals surface area contributed by atoms with Crippen molar-refractivity contribution in [1.29, 1.82) is 0 Å². The van der Waals surface area contributed by atoms with Crippen molar-refractivity contribution >= 4 is 23.4 Å². The monoisotopic (exact) mass is 315 g/mol. The largest absolute Gasteiger partial charge is 0.375 e. The molecule has 0 saturated heterocycles. The van der Waals surface area contributed by atoms with E-state index in [0.717, 1.165) is 18.0 Å². The lowest BCUT2D eigenvalue weighted by molar-refractivity contribution is -0.118. The van der Waals surface area contributed by atoms with Gasteiger partial charge in [-0.2, -0.15) is 0 Å². The minimum Gasteiger partial charge on any atom is -0.375 e. The van der Waals surface area contributed by atoms with E-state index < -0.39 is 0 Å². The summed E-state index contributed by atoms with van der Waals surface area (Å²) in [4.78, 5) is 18.1. The Hall–Kier alpha value is -2.01. The number of aromatic nitrogens is 1. The third-order valence-corrected chi connectivity index (χ3v) is 4.12. The van der Waals surface area contributed by atoms with Gasteiger partial charge in [0.2, 0.25) is 5.91 Å². The van der Waals surface area contributed by atoms with Gasteiger partial charge >= 0.3 is 0 Å². The highest BCUT2D eigenvalue weighted by molar-refractivity contribution is 7.99. The average Bonchev–Trinajstić information content (AvgIpc) is 2.58. The number of anilines is 1. The first-order chi connectivity index (χ1) is 10.8. The van der Waals surface area contributed by atoms with Gasteiger partial charge in [0.15, 0.2) is 0 Å². The topological polar surface area (TPSA) is 45.2 Å². The molecule has 1 aromatic heterocycles. The van der Waals surface area contributed by atoms with Crippen molar-refractivity contribution < 1.29 is 4.79 Å². The van der Waals surface area contributed by atoms with Crippen LogP contribution in [0.15, 0.2) is 59.8 Å². The molecule has 0 radical (unpaired) electrons. The fourth-order valence-electron chi connectivity index (χ4n) is 1.98. The zero-order valence-electron chi connectivity index (χ0n) is 12.7. The van der Waals surface area contributed by atoms with E-state index in [1.165, 1.54) is 17.4 Å². The second kappa shape index (κ2) is 9.10. The van der Waals surface area contributed by atoms with Crippen LogP contribution in [0.1, 0.15) is 6.42 Å². The number of carbonyl (C=O) groups is 1. The molecule has 22 heavy (non-hydrogen) atoms. The smallest absolute Gasteiger partial charge is 0.230 e. The van der Waals surface area contributed by atoms with E-state index in [4.69, 9.17) is 0 Å². The highest BCUT2D eigenvalue weighted by atomic mass is 32.2. The number of thioether (sulfide) groups is 1. The van der Waals surface area contributed by atoms with Crippen LogP contribution >= 0.6 is 11.8 Å². The maximum Gasteiger partial charge on any atom is 0.230 e. The number of para-hydroxylation sites is 1. The van der Waals surface area contributed by atoms with Gasteiger partial charge in [-0.15, -0.1) is 0 Å². The van der Waals surface area contributed by atoms with Crippen LogP contribution < -0.4 is 10.2 Å². The molecule has 0 aliphatic carbocycles. The second-order valence-corrected chi connectivity index (χ2v) is 5.91. The predicted molar refractivity (Wildman–Crippen MR) is 92.3 cm³/mol. The molecule has 0 unspecified atom stereocenters. The molecular weight excluding hydrogens is 294 g/mol. The molecule has 0 fully saturated rings. The van der Waals surface area contributed by atoms with Gasteiger partial charge in [-0.1, -0.05) is 36.0 Å². The molecule has 2 rings (SSSR count). The molecule has 116 valence electrons. The van der Waals surface area contributed by atoms with Crippen LogP contribution in [0, 0.1) is 0 Å². The normalized spacial score (nSPS) is 10.2. The molecule has 1 heterocycles. The molecule has 1 N–H and O–H groups in total. The summed E-state index contributed by atoms with van der Waals surface area (Å²) < 4.78 is 0. The number of nitrogens with zero attached hydrogens (tertiary/aromatic N) is 2. The molecule has 0 aliphatic rings. The van der Waals surface area contributed by atoms with E-state index in [9.17, 15) is 4.79 Å². The first kappa shape index (κ1) is 16.4. The summed E-state index contributed by atoms with van der Waals surface area (Å²) in [6, 6.07) is 15.9. The molecule has 0 aliphatic heterocycles. The van der Waals surface area contributed by atoms with Crippen LogP contribution in [0.4, 0.5) is 5.69 Å². The van der Waals surface area contributed by atoms with Gasteiger partial charge in [0, 0.05) is 32.0 Å². The van der Waals surface area contributed by atoms with E-state index in [1.54, 1.807) is 6.20 Å². The van der Waals surface area contributed by atoms with Gasteiger partial charge in [0.25, 0.3) is 0 Å². The molecular formula is C17H21N3OS. The van der Waals surface area contributed by atoms with Crippen molar-refractivity contribution in [2.45, 2.75) is 11.4 Å². The van der Waals surface area contributed by atoms with Gasteiger partial charge in [0.1, 0.15) is 0 Å². The number of hydrogen-bond donors (Lipinski definition) is 1. The summed E-state index contributed by atoms with van der Waals surface area (Å²) in [7, 11) is 2.06. The van der Waals surface area contributed by atoms with E-state index in [0.29, 0.717) is 12.3 Å². The average molecular weight is 315 g/mol. The summed E-state index contributed by atoms with van der Waals surface area (Å²) in [6.45, 7) is 1.61. The number of amides is 1. The molecule has 1 aromatic carbocycles. The fourth-order valence-corrected chi connectivity index (χ4v) is 2.67. The highest BCUT2D eigenvalue weighted by Crippen LogP contribution is 2.13. The molecule has 2 aromatic rings. The number of hydrogen-bond acceptors (Lipinski definition) is 4. The first-order valence-electron chi connectivity index (χ1n) is 7.32. The number of carbonyl (C=O) groups excluding carboxylic acids is 1. The lowest BCUT2D eigenvalue weighted by atomic mass is 10.3. The SMILES string of the molecule is CN(CCCNC(=O)CSc1ccccn1)c1ccccc1. The number of pyridine rings is 1. The minimum atomic E-state index is 0.0537. The van der Waals surface area contributed by atoms with Crippen LogP contribution in [-0.2, 0) is 4.79 Å². The number of rotatable bonds is 8. The highest BCUT2D eigenvalue weighted by Gasteiger charge is 2.04. The fraction of sp³-hybridized carbons (Fsp3) is 0.294. The Morgan fingerprint density at radius 2 is 1.95 bits per heavy atom. The Balaban J connectivity index is 1.59. The van der Waals surface area contributed by atoms with Crippen molar-refractivity contribution in [3.8, 4) is 0 Å². The van der Waals surface area contributed by atoms with Crippen LogP contribution in [0.25, 0.3) is 0 Å². The Morgan fingerprint density at radius 1 is 1.18 bits per heavy atom. The van der Waals surface area contributed by atoms with Crippen molar-refractivity contribution in [3.05, 3.63) is 54.7 Å². The second-order valence-electron chi connectivity index (χ2n) is 4.92. The lowest BCUT2D eigenvalue weighted by Gasteiger charge is -2.19. The van der Waals surface area contributed by atoms with Gasteiger partial charge in [-0.05, 0) is 30.7 Å². The van der Waals surface area contributed by atoms with Gasteiger partial charge in [0.05, 0.1) is 10.8 Å². The quantitative estimate of drug-likeness (QED) is 0.601. The molecule has 5 heteroatoms. The Morgan fingerprint density at radius 3 is 2.68 bits per heavy atom. The third-order valence-electron chi connectivity index (χ3n) is 3.18. The van der Waals surface area contributed by atoms with Gasteiger partial charge in [-0.25, -0.2) is 4.98 Å². The van der Waals surface area contributed by atoms with Crippen molar-refractivity contribution in [2.24, 2.45) is 0 Å². The van der Waals surface area contributed by atoms with Gasteiger partial charge in [-0.3, -0.25) is 4.79 Å². The Labute approximate surface area is 135 Å². The van der Waals surface area contributed by atoms with Gasteiger partial charge < -0.3 is 10.2 Å². The molecule has 0 saturated carbocycles. The van der Waals surface area contributed by atoms with E-state index >= 15 is 0 Å². The van der Waals surface area contributed by atoms with Crippen LogP contribution in [-0.4, -0.2) is 36.8 Å². The Kier molecular flexibility index (Phi) is 6.77. The molecule has 4 nitrogen and oxygen atoms in total. The maximum atomic E-state index is 11.8. The van der Waals surface area contributed by atoms with E-state index in [2.05, 4.69) is 34.4 Å². The lowest BCUT2D eigenvalue weighted by Crippen LogP contribution is -2.29. The van der Waals surface area contributed by atoms with Crippen LogP contribution in [0.5, 0.6) is 0 Å². The summed E-state index contributed by atoms with van der Waals surface area (Å²) in [6.07, 6.45) is 2.66. The predicted octanol–water partition coefficient (Wildman–Crippen LogP) is 2.82. The van der Waals surface area contributed by atoms with Crippen molar-refractivity contribution in [2.75, 3.05) is 30.8 Å². The third kappa shape index (κ3) is 5.77. The summed E-state index contributed by atoms with van der Waals surface area (Å²) in [5.41, 5.74) is 1.19. The minimum absolute atomic E-state index is 0.0537. The zero-order valence-corrected chi connectivity index (χ0v) is 13.6. The molecule has 0 bridgehead atoms. The van der Waals surface area contributed by atoms with E-state index in [-0.39, 0.29) is 5.91 Å². The Bertz CT molecular complexity index is 563.